The van der Waals surface area contributed by atoms with E-state index in [2.05, 4.69) is 0 Å². The zero-order valence-corrected chi connectivity index (χ0v) is 9.67. The van der Waals surface area contributed by atoms with Crippen LogP contribution in [0.25, 0.3) is 0 Å². The maximum atomic E-state index is 12.0. The number of carbonyl (C=O) groups excluding carboxylic acids is 1. The third kappa shape index (κ3) is 2.00. The van der Waals surface area contributed by atoms with Gasteiger partial charge in [0.25, 0.3) is 0 Å². The van der Waals surface area contributed by atoms with Gasteiger partial charge in [-0.2, -0.15) is 13.2 Å². The molecule has 4 atom stereocenters. The lowest BCUT2D eigenvalue weighted by Gasteiger charge is -2.08. The average molecular weight is 246 g/mol. The molecule has 0 amide bonds. The first-order valence-corrected chi connectivity index (χ1v) is 6.57. The first-order chi connectivity index (χ1) is 7.97. The Bertz CT molecular complexity index is 320. The standard InChI is InChI=1S/C13H17F3O/c14-13(15,16)5-1-2-9(17)12-10-7-3-4-8(6-7)11(10)12/h7-8,10-12H,1-6H2. The molecule has 0 aliphatic heterocycles. The van der Waals surface area contributed by atoms with Crippen LogP contribution in [0.5, 0.6) is 0 Å². The summed E-state index contributed by atoms with van der Waals surface area (Å²) in [5.41, 5.74) is 0. The minimum absolute atomic E-state index is 0.0202. The Labute approximate surface area is 98.8 Å². The van der Waals surface area contributed by atoms with Crippen LogP contribution in [-0.4, -0.2) is 12.0 Å². The maximum Gasteiger partial charge on any atom is 0.389 e. The lowest BCUT2D eigenvalue weighted by Crippen LogP contribution is -2.12. The molecule has 1 nitrogen and oxygen atoms in total. The maximum absolute atomic E-state index is 12.0. The predicted molar refractivity (Wildman–Crippen MR) is 56.2 cm³/mol. The van der Waals surface area contributed by atoms with E-state index >= 15 is 0 Å². The van der Waals surface area contributed by atoms with Crippen LogP contribution in [0, 0.1) is 29.6 Å². The summed E-state index contributed by atoms with van der Waals surface area (Å²) in [6.45, 7) is 0. The summed E-state index contributed by atoms with van der Waals surface area (Å²) in [6.07, 6.45) is -1.03. The van der Waals surface area contributed by atoms with Crippen molar-refractivity contribution >= 4 is 5.78 Å². The molecule has 0 spiro atoms. The number of rotatable bonds is 4. The number of hydrogen-bond acceptors (Lipinski definition) is 1. The van der Waals surface area contributed by atoms with Gasteiger partial charge in [0.05, 0.1) is 0 Å². The molecule has 96 valence electrons. The molecule has 2 bridgehead atoms. The van der Waals surface area contributed by atoms with E-state index in [-0.39, 0.29) is 24.5 Å². The summed E-state index contributed by atoms with van der Waals surface area (Å²) in [6, 6.07) is 0. The molecule has 4 heteroatoms. The van der Waals surface area contributed by atoms with Crippen LogP contribution >= 0.6 is 0 Å². The van der Waals surface area contributed by atoms with E-state index in [1.165, 1.54) is 19.3 Å². The van der Waals surface area contributed by atoms with Crippen LogP contribution in [0.1, 0.15) is 38.5 Å². The molecule has 17 heavy (non-hydrogen) atoms. The van der Waals surface area contributed by atoms with Gasteiger partial charge in [0.1, 0.15) is 5.78 Å². The van der Waals surface area contributed by atoms with Gasteiger partial charge in [0.2, 0.25) is 0 Å². The largest absolute Gasteiger partial charge is 0.389 e. The van der Waals surface area contributed by atoms with Gasteiger partial charge in [-0.15, -0.1) is 0 Å². The molecule has 0 N–H and O–H groups in total. The van der Waals surface area contributed by atoms with Crippen molar-refractivity contribution in [1.82, 2.24) is 0 Å². The SMILES string of the molecule is O=C(CCCC(F)(F)F)C1C2C3CCC(C3)C12. The van der Waals surface area contributed by atoms with Crippen LogP contribution in [-0.2, 0) is 4.79 Å². The third-order valence-electron chi connectivity index (χ3n) is 4.99. The van der Waals surface area contributed by atoms with Gasteiger partial charge in [0, 0.05) is 18.8 Å². The fourth-order valence-corrected chi connectivity index (χ4v) is 4.39. The zero-order chi connectivity index (χ0) is 12.2. The molecule has 3 rings (SSSR count). The van der Waals surface area contributed by atoms with E-state index in [0.717, 1.165) is 11.8 Å². The van der Waals surface area contributed by atoms with Crippen LogP contribution in [0.2, 0.25) is 0 Å². The van der Waals surface area contributed by atoms with Gasteiger partial charge >= 0.3 is 6.18 Å². The molecule has 3 aliphatic rings. The zero-order valence-electron chi connectivity index (χ0n) is 9.67. The van der Waals surface area contributed by atoms with E-state index in [4.69, 9.17) is 0 Å². The van der Waals surface area contributed by atoms with E-state index in [1.807, 2.05) is 0 Å². The average Bonchev–Trinajstić information content (AvgIpc) is 2.66. The first-order valence-electron chi connectivity index (χ1n) is 6.57. The van der Waals surface area contributed by atoms with Gasteiger partial charge in [-0.25, -0.2) is 0 Å². The number of ketones is 1. The lowest BCUT2D eigenvalue weighted by molar-refractivity contribution is -0.137. The van der Waals surface area contributed by atoms with Crippen LogP contribution in [0.3, 0.4) is 0 Å². The molecule has 0 radical (unpaired) electrons. The summed E-state index contributed by atoms with van der Waals surface area (Å²) in [4.78, 5) is 11.9. The predicted octanol–water partition coefficient (Wildman–Crippen LogP) is 3.58. The van der Waals surface area contributed by atoms with Crippen LogP contribution in [0.4, 0.5) is 13.2 Å². The normalized spacial score (nSPS) is 42.6. The number of fused-ring (bicyclic) bond motifs is 5. The number of hydrogen-bond donors (Lipinski definition) is 0. The molecule has 0 saturated heterocycles. The quantitative estimate of drug-likeness (QED) is 0.741. The molecule has 3 saturated carbocycles. The molecule has 0 heterocycles. The highest BCUT2D eigenvalue weighted by Crippen LogP contribution is 2.69. The molecule has 0 aromatic rings. The highest BCUT2D eigenvalue weighted by Gasteiger charge is 2.66. The molecular formula is C13H17F3O. The smallest absolute Gasteiger partial charge is 0.299 e. The Morgan fingerprint density at radius 1 is 1.12 bits per heavy atom. The van der Waals surface area contributed by atoms with Crippen molar-refractivity contribution in [2.75, 3.05) is 0 Å². The van der Waals surface area contributed by atoms with Crippen molar-refractivity contribution in [3.05, 3.63) is 0 Å². The monoisotopic (exact) mass is 246 g/mol. The first kappa shape index (κ1) is 11.5. The molecule has 0 aromatic carbocycles. The second-order valence-corrected chi connectivity index (χ2v) is 5.95. The van der Waals surface area contributed by atoms with Crippen LogP contribution in [0.15, 0.2) is 0 Å². The Morgan fingerprint density at radius 3 is 2.24 bits per heavy atom. The molecular weight excluding hydrogens is 229 g/mol. The summed E-state index contributed by atoms with van der Waals surface area (Å²) in [5, 5.41) is 0. The minimum Gasteiger partial charge on any atom is -0.299 e. The highest BCUT2D eigenvalue weighted by atomic mass is 19.4. The van der Waals surface area contributed by atoms with Gasteiger partial charge in [-0.05, 0) is 49.4 Å². The fourth-order valence-electron chi connectivity index (χ4n) is 4.39. The number of Topliss-reactive ketones (excluding diaryl/α,β-unsaturated/α-hetero) is 1. The Kier molecular flexibility index (Phi) is 2.53. The molecule has 3 fully saturated rings. The highest BCUT2D eigenvalue weighted by molar-refractivity contribution is 5.84. The third-order valence-corrected chi connectivity index (χ3v) is 4.99. The summed E-state index contributed by atoms with van der Waals surface area (Å²) in [5.74, 6) is 2.83. The van der Waals surface area contributed by atoms with E-state index in [1.54, 1.807) is 0 Å². The number of halogens is 3. The van der Waals surface area contributed by atoms with E-state index < -0.39 is 12.6 Å². The van der Waals surface area contributed by atoms with Crippen LogP contribution < -0.4 is 0 Å². The summed E-state index contributed by atoms with van der Waals surface area (Å²) in [7, 11) is 0. The topological polar surface area (TPSA) is 17.1 Å². The van der Waals surface area contributed by atoms with Gasteiger partial charge in [-0.3, -0.25) is 4.79 Å². The van der Waals surface area contributed by atoms with Crippen molar-refractivity contribution in [3.8, 4) is 0 Å². The van der Waals surface area contributed by atoms with E-state index in [9.17, 15) is 18.0 Å². The number of carbonyl (C=O) groups is 1. The van der Waals surface area contributed by atoms with Crippen molar-refractivity contribution in [2.45, 2.75) is 44.7 Å². The second kappa shape index (κ2) is 3.72. The molecule has 0 aromatic heterocycles. The van der Waals surface area contributed by atoms with Crippen molar-refractivity contribution in [1.29, 1.82) is 0 Å². The Balaban J connectivity index is 1.46. The molecule has 3 aliphatic carbocycles. The molecule has 4 unspecified atom stereocenters. The number of alkyl halides is 3. The Morgan fingerprint density at radius 2 is 1.71 bits per heavy atom. The minimum atomic E-state index is -4.11. The van der Waals surface area contributed by atoms with Crippen molar-refractivity contribution in [3.63, 3.8) is 0 Å². The van der Waals surface area contributed by atoms with Crippen molar-refractivity contribution < 1.29 is 18.0 Å². The fraction of sp³-hybridized carbons (Fsp3) is 0.923. The van der Waals surface area contributed by atoms with Gasteiger partial charge in [0.15, 0.2) is 0 Å². The van der Waals surface area contributed by atoms with E-state index in [0.29, 0.717) is 11.8 Å². The Hall–Kier alpha value is -0.540. The van der Waals surface area contributed by atoms with Gasteiger partial charge < -0.3 is 0 Å². The summed E-state index contributed by atoms with van der Waals surface area (Å²) >= 11 is 0. The summed E-state index contributed by atoms with van der Waals surface area (Å²) < 4.78 is 35.9. The van der Waals surface area contributed by atoms with Gasteiger partial charge in [-0.1, -0.05) is 0 Å². The second-order valence-electron chi connectivity index (χ2n) is 5.95. The van der Waals surface area contributed by atoms with Crippen molar-refractivity contribution in [2.24, 2.45) is 29.6 Å². The lowest BCUT2D eigenvalue weighted by atomic mass is 9.97.